The Bertz CT molecular complexity index is 1280. The Kier molecular flexibility index (Phi) is 7.66. The molecule has 3 aromatic rings. The number of halogens is 1. The van der Waals surface area contributed by atoms with Crippen LogP contribution in [0.5, 0.6) is 11.5 Å². The molecule has 0 unspecified atom stereocenters. The molecular weight excluding hydrogens is 561 g/mol. The van der Waals surface area contributed by atoms with E-state index >= 15 is 0 Å². The highest BCUT2D eigenvalue weighted by molar-refractivity contribution is 14.1. The zero-order chi connectivity index (χ0) is 24.8. The molecule has 1 fully saturated rings. The fourth-order valence-corrected chi connectivity index (χ4v) is 4.22. The Balaban J connectivity index is 1.53. The van der Waals surface area contributed by atoms with Gasteiger partial charge in [-0.3, -0.25) is 9.59 Å². The number of hydrogen-bond donors (Lipinski definition) is 2. The first kappa shape index (κ1) is 24.3. The van der Waals surface area contributed by atoms with E-state index in [1.807, 2.05) is 31.2 Å². The maximum absolute atomic E-state index is 12.9. The van der Waals surface area contributed by atoms with Crippen LogP contribution in [0.2, 0.25) is 0 Å². The number of ether oxygens (including phenoxy) is 2. The van der Waals surface area contributed by atoms with E-state index in [0.29, 0.717) is 38.6 Å². The quantitative estimate of drug-likeness (QED) is 0.226. The van der Waals surface area contributed by atoms with Gasteiger partial charge in [0.15, 0.2) is 18.1 Å². The Labute approximate surface area is 216 Å². The number of nitrogens with zero attached hydrogens (tertiary/aromatic N) is 1. The first-order valence-electron chi connectivity index (χ1n) is 10.8. The summed E-state index contributed by atoms with van der Waals surface area (Å²) in [4.78, 5) is 38.7. The zero-order valence-corrected chi connectivity index (χ0v) is 20.9. The van der Waals surface area contributed by atoms with Crippen LogP contribution in [-0.2, 0) is 9.59 Å². The topological polar surface area (TPSA) is 97.0 Å². The van der Waals surface area contributed by atoms with Gasteiger partial charge in [-0.1, -0.05) is 36.4 Å². The smallest absolute Gasteiger partial charge is 0.333 e. The van der Waals surface area contributed by atoms with Crippen LogP contribution in [-0.4, -0.2) is 31.1 Å². The van der Waals surface area contributed by atoms with Crippen LogP contribution in [0.4, 0.5) is 16.2 Å². The van der Waals surface area contributed by atoms with Gasteiger partial charge in [0.25, 0.3) is 11.8 Å². The van der Waals surface area contributed by atoms with Gasteiger partial charge in [-0.2, -0.15) is 0 Å². The van der Waals surface area contributed by atoms with Gasteiger partial charge in [-0.05, 0) is 77.6 Å². The lowest BCUT2D eigenvalue weighted by Gasteiger charge is -2.15. The van der Waals surface area contributed by atoms with Gasteiger partial charge < -0.3 is 20.1 Å². The van der Waals surface area contributed by atoms with E-state index in [1.54, 1.807) is 54.6 Å². The standard InChI is InChI=1S/C26H22IN3O5/c1-2-34-22-15-17(14-21-25(32)30(26(33)29-21)19-11-7-4-8-12-19)13-20(27)24(22)35-16-23(31)28-18-9-5-3-6-10-18/h3-15H,2,16H2,1H3,(H,28,31)(H,29,33)/b21-14+. The molecule has 2 N–H and O–H groups in total. The number of carbonyl (C=O) groups excluding carboxylic acids is 3. The van der Waals surface area contributed by atoms with Crippen molar-refractivity contribution in [2.24, 2.45) is 0 Å². The summed E-state index contributed by atoms with van der Waals surface area (Å²) in [6.07, 6.45) is 1.58. The third-order valence-electron chi connectivity index (χ3n) is 4.94. The van der Waals surface area contributed by atoms with Crippen LogP contribution in [0.1, 0.15) is 12.5 Å². The molecule has 178 valence electrons. The minimum absolute atomic E-state index is 0.146. The first-order valence-corrected chi connectivity index (χ1v) is 11.9. The highest BCUT2D eigenvalue weighted by atomic mass is 127. The van der Waals surface area contributed by atoms with Gasteiger partial charge >= 0.3 is 6.03 Å². The Morgan fingerprint density at radius 2 is 1.71 bits per heavy atom. The number of hydrogen-bond acceptors (Lipinski definition) is 5. The van der Waals surface area contributed by atoms with Crippen molar-refractivity contribution in [2.45, 2.75) is 6.92 Å². The first-order chi connectivity index (χ1) is 17.0. The summed E-state index contributed by atoms with van der Waals surface area (Å²) in [5.74, 6) is 0.0916. The van der Waals surface area contributed by atoms with Gasteiger partial charge in [0, 0.05) is 5.69 Å². The van der Waals surface area contributed by atoms with Crippen molar-refractivity contribution >= 4 is 57.9 Å². The second-order valence-electron chi connectivity index (χ2n) is 7.43. The lowest BCUT2D eigenvalue weighted by molar-refractivity contribution is -0.118. The van der Waals surface area contributed by atoms with Crippen LogP contribution in [0, 0.1) is 3.57 Å². The van der Waals surface area contributed by atoms with Gasteiger partial charge in [0.1, 0.15) is 5.70 Å². The van der Waals surface area contributed by atoms with Crippen molar-refractivity contribution in [2.75, 3.05) is 23.4 Å². The average Bonchev–Trinajstić information content (AvgIpc) is 3.12. The number of benzene rings is 3. The molecule has 4 rings (SSSR count). The molecule has 1 saturated heterocycles. The summed E-state index contributed by atoms with van der Waals surface area (Å²) < 4.78 is 12.2. The highest BCUT2D eigenvalue weighted by Gasteiger charge is 2.34. The van der Waals surface area contributed by atoms with Crippen molar-refractivity contribution in [1.82, 2.24) is 5.32 Å². The van der Waals surface area contributed by atoms with E-state index < -0.39 is 11.9 Å². The van der Waals surface area contributed by atoms with Gasteiger partial charge in [-0.15, -0.1) is 0 Å². The molecule has 1 aliphatic rings. The number of nitrogens with one attached hydrogen (secondary N) is 2. The molecule has 0 radical (unpaired) electrons. The van der Waals surface area contributed by atoms with Crippen LogP contribution in [0.3, 0.4) is 0 Å². The van der Waals surface area contributed by atoms with E-state index in [2.05, 4.69) is 33.2 Å². The van der Waals surface area contributed by atoms with Crippen LogP contribution in [0.15, 0.2) is 78.5 Å². The zero-order valence-electron chi connectivity index (χ0n) is 18.8. The molecule has 1 aliphatic heterocycles. The molecule has 0 bridgehead atoms. The summed E-state index contributed by atoms with van der Waals surface area (Å²) in [5, 5.41) is 5.39. The second-order valence-corrected chi connectivity index (χ2v) is 8.59. The molecule has 4 amide bonds. The molecule has 0 spiro atoms. The third-order valence-corrected chi connectivity index (χ3v) is 5.74. The van der Waals surface area contributed by atoms with E-state index in [0.717, 1.165) is 4.90 Å². The Morgan fingerprint density at radius 1 is 1.03 bits per heavy atom. The molecule has 35 heavy (non-hydrogen) atoms. The fourth-order valence-electron chi connectivity index (χ4n) is 3.44. The van der Waals surface area contributed by atoms with E-state index in [4.69, 9.17) is 9.47 Å². The summed E-state index contributed by atoms with van der Waals surface area (Å²) in [7, 11) is 0. The summed E-state index contributed by atoms with van der Waals surface area (Å²) >= 11 is 2.08. The average molecular weight is 583 g/mol. The maximum atomic E-state index is 12.9. The van der Waals surface area contributed by atoms with Crippen molar-refractivity contribution < 1.29 is 23.9 Å². The van der Waals surface area contributed by atoms with E-state index in [1.165, 1.54) is 0 Å². The lowest BCUT2D eigenvalue weighted by Crippen LogP contribution is -2.30. The van der Waals surface area contributed by atoms with Crippen molar-refractivity contribution in [3.05, 3.63) is 87.6 Å². The normalized spacial score (nSPS) is 14.1. The number of para-hydroxylation sites is 2. The molecule has 3 aromatic carbocycles. The lowest BCUT2D eigenvalue weighted by atomic mass is 10.1. The van der Waals surface area contributed by atoms with Crippen molar-refractivity contribution in [3.63, 3.8) is 0 Å². The largest absolute Gasteiger partial charge is 0.490 e. The van der Waals surface area contributed by atoms with Crippen molar-refractivity contribution in [3.8, 4) is 11.5 Å². The molecule has 0 aliphatic carbocycles. The van der Waals surface area contributed by atoms with Gasteiger partial charge in [-0.25, -0.2) is 9.69 Å². The number of urea groups is 1. The number of amides is 4. The van der Waals surface area contributed by atoms with Crippen LogP contribution >= 0.6 is 22.6 Å². The van der Waals surface area contributed by atoms with E-state index in [9.17, 15) is 14.4 Å². The predicted octanol–water partition coefficient (Wildman–Crippen LogP) is 4.80. The monoisotopic (exact) mass is 583 g/mol. The SMILES string of the molecule is CCOc1cc(/C=C2/NC(=O)N(c3ccccc3)C2=O)cc(I)c1OCC(=O)Nc1ccccc1. The molecular formula is C26H22IN3O5. The number of imide groups is 1. The molecule has 0 atom stereocenters. The molecule has 0 saturated carbocycles. The Hall–Kier alpha value is -3.86. The molecule has 1 heterocycles. The highest BCUT2D eigenvalue weighted by Crippen LogP contribution is 2.35. The molecule has 0 aromatic heterocycles. The third kappa shape index (κ3) is 5.80. The minimum Gasteiger partial charge on any atom is -0.490 e. The molecule has 9 heteroatoms. The van der Waals surface area contributed by atoms with Crippen molar-refractivity contribution in [1.29, 1.82) is 0 Å². The number of carbonyl (C=O) groups is 3. The molecule has 8 nitrogen and oxygen atoms in total. The number of anilines is 2. The summed E-state index contributed by atoms with van der Waals surface area (Å²) in [6.45, 7) is 2.01. The Morgan fingerprint density at radius 3 is 2.40 bits per heavy atom. The summed E-state index contributed by atoms with van der Waals surface area (Å²) in [6, 6.07) is 20.8. The van der Waals surface area contributed by atoms with Gasteiger partial charge in [0.05, 0.1) is 15.9 Å². The second kappa shape index (κ2) is 11.0. The minimum atomic E-state index is -0.517. The van der Waals surface area contributed by atoms with Crippen LogP contribution in [0.25, 0.3) is 6.08 Å². The predicted molar refractivity (Wildman–Crippen MR) is 141 cm³/mol. The fraction of sp³-hybridized carbons (Fsp3) is 0.115. The number of rotatable bonds is 8. The maximum Gasteiger partial charge on any atom is 0.333 e. The van der Waals surface area contributed by atoms with Gasteiger partial charge in [0.2, 0.25) is 0 Å². The summed E-state index contributed by atoms with van der Waals surface area (Å²) in [5.41, 5.74) is 1.95. The van der Waals surface area contributed by atoms with E-state index in [-0.39, 0.29) is 18.2 Å². The van der Waals surface area contributed by atoms with Crippen LogP contribution < -0.4 is 25.0 Å².